The molecule has 13 nitrogen and oxygen atoms in total. The minimum atomic E-state index is -0.806. The Balaban J connectivity index is 0.00000500. The van der Waals surface area contributed by atoms with Crippen molar-refractivity contribution in [3.8, 4) is 11.4 Å². The van der Waals surface area contributed by atoms with Gasteiger partial charge in [-0.3, -0.25) is 14.4 Å². The summed E-state index contributed by atoms with van der Waals surface area (Å²) in [4.78, 5) is 54.9. The van der Waals surface area contributed by atoms with Gasteiger partial charge in [-0.15, -0.1) is 12.4 Å². The van der Waals surface area contributed by atoms with Crippen LogP contribution in [0.1, 0.15) is 40.5 Å². The van der Waals surface area contributed by atoms with Crippen molar-refractivity contribution in [2.45, 2.75) is 58.7 Å². The number of rotatable bonds is 10. The molecule has 1 aliphatic heterocycles. The molecule has 4 aromatic rings. The summed E-state index contributed by atoms with van der Waals surface area (Å²) in [5, 5.41) is 12.8. The number of fused-ring (bicyclic) bond motifs is 1. The quantitative estimate of drug-likeness (QED) is 0.197. The topological polar surface area (TPSA) is 155 Å². The van der Waals surface area contributed by atoms with E-state index in [1.807, 2.05) is 55.8 Å². The van der Waals surface area contributed by atoms with Gasteiger partial charge in [-0.25, -0.2) is 15.0 Å². The van der Waals surface area contributed by atoms with Crippen LogP contribution < -0.4 is 26.0 Å². The van der Waals surface area contributed by atoms with Crippen LogP contribution in [0.5, 0.6) is 5.75 Å². The highest BCUT2D eigenvalue weighted by Crippen LogP contribution is 2.34. The van der Waals surface area contributed by atoms with E-state index in [4.69, 9.17) is 4.74 Å². The average molecular weight is 664 g/mol. The Hall–Kier alpha value is -4.75. The highest BCUT2D eigenvalue weighted by Gasteiger charge is 2.42. The number of carbonyl (C=O) groups is 3. The van der Waals surface area contributed by atoms with Crippen LogP contribution in [0.2, 0.25) is 0 Å². The van der Waals surface area contributed by atoms with Gasteiger partial charge in [0, 0.05) is 41.8 Å². The molecule has 47 heavy (non-hydrogen) atoms. The number of likely N-dealkylation sites (tertiary alicyclic amines) is 1. The molecular formula is C33H42ClN9O4. The van der Waals surface area contributed by atoms with Crippen molar-refractivity contribution < 1.29 is 19.1 Å². The Kier molecular flexibility index (Phi) is 11.0. The molecule has 1 saturated heterocycles. The maximum absolute atomic E-state index is 13.9. The average Bonchev–Trinajstić information content (AvgIpc) is 3.76. The summed E-state index contributed by atoms with van der Waals surface area (Å²) in [5.41, 5.74) is 2.26. The normalized spacial score (nSPS) is 15.8. The molecule has 3 atom stereocenters. The lowest BCUT2D eigenvalue weighted by Gasteiger charge is -2.36. The Bertz CT molecular complexity index is 1710. The van der Waals surface area contributed by atoms with Crippen molar-refractivity contribution in [1.82, 2.24) is 35.1 Å². The number of carbonyl (C=O) groups excluding carboxylic acids is 3. The predicted octanol–water partition coefficient (Wildman–Crippen LogP) is 4.06. The lowest BCUT2D eigenvalue weighted by molar-refractivity contribution is -0.143. The molecule has 0 radical (unpaired) electrons. The summed E-state index contributed by atoms with van der Waals surface area (Å²) >= 11 is 0. The summed E-state index contributed by atoms with van der Waals surface area (Å²) in [6.45, 7) is 7.83. The molecule has 250 valence electrons. The van der Waals surface area contributed by atoms with Crippen LogP contribution in [-0.2, 0) is 14.4 Å². The minimum absolute atomic E-state index is 0. The molecule has 2 aromatic heterocycles. The number of likely N-dealkylation sites (N-methyl/N-ethyl adjacent to an activating group) is 1. The predicted molar refractivity (Wildman–Crippen MR) is 183 cm³/mol. The first-order chi connectivity index (χ1) is 22.0. The third kappa shape index (κ3) is 7.80. The van der Waals surface area contributed by atoms with E-state index in [1.165, 1.54) is 13.4 Å². The van der Waals surface area contributed by atoms with Gasteiger partial charge in [0.05, 0.1) is 30.7 Å². The fourth-order valence-electron chi connectivity index (χ4n) is 5.45. The number of ether oxygens (including phenoxy) is 1. The number of hydrogen-bond acceptors (Lipinski definition) is 9. The van der Waals surface area contributed by atoms with Crippen molar-refractivity contribution in [1.29, 1.82) is 0 Å². The zero-order valence-electron chi connectivity index (χ0n) is 27.4. The molecule has 1 aliphatic rings. The van der Waals surface area contributed by atoms with E-state index in [-0.39, 0.29) is 30.1 Å². The number of benzene rings is 2. The van der Waals surface area contributed by atoms with Crippen LogP contribution in [0.15, 0.2) is 61.4 Å². The second-order valence-corrected chi connectivity index (χ2v) is 12.4. The van der Waals surface area contributed by atoms with Gasteiger partial charge in [0.25, 0.3) is 0 Å². The van der Waals surface area contributed by atoms with E-state index in [2.05, 4.69) is 36.2 Å². The number of nitrogens with zero attached hydrogens (tertiary/aromatic N) is 5. The summed E-state index contributed by atoms with van der Waals surface area (Å²) in [7, 11) is 3.21. The van der Waals surface area contributed by atoms with Crippen LogP contribution >= 0.6 is 12.4 Å². The molecule has 0 bridgehead atoms. The standard InChI is InChI=1S/C33H41N9O4.ClH/c1-20(34-5)30(43)40-28(33(2,3)4)32(45)42-14-7-8-26(42)31(44)39-25-16-23-24(17-27(25)46-6)36-18-37-29(23)38-21-9-11-22(12-10-21)41-15-13-35-19-41;/h9-13,15-20,26,28,34H,7-8,14H2,1-6H3,(H,39,44)(H,40,43)(H,36,37,38);1H. The van der Waals surface area contributed by atoms with Crippen LogP contribution in [0.4, 0.5) is 17.2 Å². The van der Waals surface area contributed by atoms with Gasteiger partial charge in [-0.1, -0.05) is 20.8 Å². The summed E-state index contributed by atoms with van der Waals surface area (Å²) in [6.07, 6.45) is 7.95. The zero-order chi connectivity index (χ0) is 33.0. The number of imidazole rings is 1. The molecule has 3 unspecified atom stereocenters. The number of methoxy groups -OCH3 is 1. The van der Waals surface area contributed by atoms with Crippen molar-refractivity contribution in [3.05, 3.63) is 61.4 Å². The Morgan fingerprint density at radius 2 is 1.83 bits per heavy atom. The second kappa shape index (κ2) is 14.8. The van der Waals surface area contributed by atoms with E-state index in [9.17, 15) is 14.4 Å². The highest BCUT2D eigenvalue weighted by atomic mass is 35.5. The van der Waals surface area contributed by atoms with Gasteiger partial charge >= 0.3 is 0 Å². The lowest BCUT2D eigenvalue weighted by Crippen LogP contribution is -2.59. The number of hydrogen-bond donors (Lipinski definition) is 4. The lowest BCUT2D eigenvalue weighted by atomic mass is 9.85. The number of amides is 3. The maximum atomic E-state index is 13.9. The minimum Gasteiger partial charge on any atom is -0.494 e. The highest BCUT2D eigenvalue weighted by molar-refractivity contribution is 6.03. The molecule has 1 fully saturated rings. The Morgan fingerprint density at radius 3 is 2.47 bits per heavy atom. The molecule has 0 aliphatic carbocycles. The molecule has 3 amide bonds. The van der Waals surface area contributed by atoms with E-state index < -0.39 is 23.5 Å². The molecule has 4 N–H and O–H groups in total. The number of anilines is 3. The second-order valence-electron chi connectivity index (χ2n) is 12.4. The first kappa shape index (κ1) is 35.1. The monoisotopic (exact) mass is 663 g/mol. The van der Waals surface area contributed by atoms with Crippen LogP contribution in [0.25, 0.3) is 16.6 Å². The fraction of sp³-hybridized carbons (Fsp3) is 0.394. The number of halogens is 1. The SMILES string of the molecule is CNC(C)C(=O)NC(C(=O)N1CCCC1C(=O)Nc1cc2c(Nc3ccc(-n4ccnc4)cc3)ncnc2cc1OC)C(C)(C)C.Cl. The van der Waals surface area contributed by atoms with Gasteiger partial charge in [-0.05, 0) is 62.6 Å². The van der Waals surface area contributed by atoms with E-state index in [1.54, 1.807) is 43.5 Å². The van der Waals surface area contributed by atoms with Gasteiger partial charge in [0.15, 0.2) is 0 Å². The smallest absolute Gasteiger partial charge is 0.247 e. The van der Waals surface area contributed by atoms with Crippen LogP contribution in [-0.4, -0.2) is 81.0 Å². The number of nitrogens with one attached hydrogen (secondary N) is 4. The molecule has 5 rings (SSSR count). The third-order valence-corrected chi connectivity index (χ3v) is 8.21. The van der Waals surface area contributed by atoms with Crippen molar-refractivity contribution in [3.63, 3.8) is 0 Å². The fourth-order valence-corrected chi connectivity index (χ4v) is 5.45. The summed E-state index contributed by atoms with van der Waals surface area (Å²) in [6, 6.07) is 9.33. The Labute approximate surface area is 280 Å². The summed E-state index contributed by atoms with van der Waals surface area (Å²) < 4.78 is 7.53. The molecule has 0 saturated carbocycles. The van der Waals surface area contributed by atoms with Gasteiger partial charge in [0.1, 0.15) is 30.0 Å². The molecule has 3 heterocycles. The molecule has 2 aromatic carbocycles. The number of aromatic nitrogens is 4. The van der Waals surface area contributed by atoms with Crippen molar-refractivity contribution in [2.75, 3.05) is 31.3 Å². The van der Waals surface area contributed by atoms with Crippen molar-refractivity contribution in [2.24, 2.45) is 5.41 Å². The Morgan fingerprint density at radius 1 is 1.09 bits per heavy atom. The first-order valence-electron chi connectivity index (χ1n) is 15.3. The molecule has 14 heteroatoms. The molecule has 0 spiro atoms. The largest absolute Gasteiger partial charge is 0.494 e. The van der Waals surface area contributed by atoms with Gasteiger partial charge in [0.2, 0.25) is 17.7 Å². The van der Waals surface area contributed by atoms with E-state index >= 15 is 0 Å². The van der Waals surface area contributed by atoms with Gasteiger partial charge in [-0.2, -0.15) is 0 Å². The maximum Gasteiger partial charge on any atom is 0.247 e. The zero-order valence-corrected chi connectivity index (χ0v) is 28.2. The van der Waals surface area contributed by atoms with Crippen molar-refractivity contribution >= 4 is 58.2 Å². The van der Waals surface area contributed by atoms with Crippen LogP contribution in [0.3, 0.4) is 0 Å². The van der Waals surface area contributed by atoms with Gasteiger partial charge < -0.3 is 35.5 Å². The van der Waals surface area contributed by atoms with Crippen LogP contribution in [0, 0.1) is 5.41 Å². The van der Waals surface area contributed by atoms with E-state index in [0.717, 1.165) is 11.4 Å². The third-order valence-electron chi connectivity index (χ3n) is 8.21. The molecular weight excluding hydrogens is 622 g/mol. The van der Waals surface area contributed by atoms with E-state index in [0.29, 0.717) is 47.5 Å². The first-order valence-corrected chi connectivity index (χ1v) is 15.3. The summed E-state index contributed by atoms with van der Waals surface area (Å²) in [5.74, 6) is 0.0686.